The number of nitrogens with one attached hydrogen (secondary N) is 3. The lowest BCUT2D eigenvalue weighted by atomic mass is 9.65. The van der Waals surface area contributed by atoms with Crippen LogP contribution in [-0.4, -0.2) is 48.8 Å². The summed E-state index contributed by atoms with van der Waals surface area (Å²) in [4.78, 5) is 46.4. The second kappa shape index (κ2) is 7.73. The van der Waals surface area contributed by atoms with E-state index in [0.29, 0.717) is 25.7 Å². The molecule has 0 aromatic carbocycles. The van der Waals surface area contributed by atoms with E-state index in [1.165, 1.54) is 0 Å². The minimum Gasteiger partial charge on any atom is -0.446 e. The van der Waals surface area contributed by atoms with Crippen molar-refractivity contribution in [1.29, 1.82) is 0 Å². The highest BCUT2D eigenvalue weighted by molar-refractivity contribution is 5.69. The van der Waals surface area contributed by atoms with Crippen LogP contribution in [0.1, 0.15) is 25.7 Å². The van der Waals surface area contributed by atoms with Crippen LogP contribution in [-0.2, 0) is 18.9 Å². The first kappa shape index (κ1) is 18.8. The molecule has 0 spiro atoms. The van der Waals surface area contributed by atoms with Gasteiger partial charge in [0, 0.05) is 11.8 Å². The topological polar surface area (TPSA) is 193 Å². The van der Waals surface area contributed by atoms with E-state index >= 15 is 0 Å². The van der Waals surface area contributed by atoms with Crippen molar-refractivity contribution in [1.82, 2.24) is 16.4 Å². The Kier molecular flexibility index (Phi) is 5.39. The Hall–Kier alpha value is -2.96. The summed E-state index contributed by atoms with van der Waals surface area (Å²) in [5, 5.41) is 0. The van der Waals surface area contributed by atoms with Gasteiger partial charge in [0.2, 0.25) is 0 Å². The number of primary amides is 2. The molecule has 0 bridgehead atoms. The van der Waals surface area contributed by atoms with E-state index in [9.17, 15) is 19.2 Å². The van der Waals surface area contributed by atoms with Gasteiger partial charge >= 0.3 is 24.4 Å². The van der Waals surface area contributed by atoms with Gasteiger partial charge in [0.15, 0.2) is 0 Å². The molecular formula is C14H21N5O8. The van der Waals surface area contributed by atoms with Gasteiger partial charge in [0.05, 0.1) is 0 Å². The summed E-state index contributed by atoms with van der Waals surface area (Å²) in [6.45, 7) is 0. The van der Waals surface area contributed by atoms with Crippen molar-refractivity contribution < 1.29 is 38.1 Å². The van der Waals surface area contributed by atoms with Gasteiger partial charge in [-0.05, 0) is 25.7 Å². The number of ether oxygens (including phenoxy) is 4. The van der Waals surface area contributed by atoms with Crippen LogP contribution >= 0.6 is 0 Å². The van der Waals surface area contributed by atoms with E-state index in [4.69, 9.17) is 30.4 Å². The molecule has 4 amide bonds. The van der Waals surface area contributed by atoms with Crippen molar-refractivity contribution in [2.45, 2.75) is 50.1 Å². The summed E-state index contributed by atoms with van der Waals surface area (Å²) in [5.41, 5.74) is 16.8. The molecule has 3 aliphatic rings. The van der Waals surface area contributed by atoms with Crippen LogP contribution in [0.15, 0.2) is 0 Å². The minimum absolute atomic E-state index is 0.313. The average molecular weight is 387 g/mol. The zero-order chi connectivity index (χ0) is 19.6. The predicted octanol–water partition coefficient (Wildman–Crippen LogP) is -0.643. The average Bonchev–Trinajstić information content (AvgIpc) is 2.57. The number of carbonyl (C=O) groups excluding carboxylic acids is 4. The van der Waals surface area contributed by atoms with Crippen LogP contribution in [0.4, 0.5) is 19.2 Å². The molecule has 7 N–H and O–H groups in total. The maximum Gasteiger partial charge on any atom is 0.423 e. The molecule has 2 aliphatic carbocycles. The van der Waals surface area contributed by atoms with E-state index in [2.05, 4.69) is 16.4 Å². The van der Waals surface area contributed by atoms with Crippen LogP contribution in [0.3, 0.4) is 0 Å². The van der Waals surface area contributed by atoms with Crippen LogP contribution in [0, 0.1) is 11.8 Å². The quantitative estimate of drug-likeness (QED) is 0.383. The van der Waals surface area contributed by atoms with Crippen LogP contribution in [0.2, 0.25) is 0 Å². The Morgan fingerprint density at radius 1 is 0.815 bits per heavy atom. The fourth-order valence-corrected chi connectivity index (χ4v) is 4.21. The Morgan fingerprint density at radius 3 is 1.67 bits per heavy atom. The van der Waals surface area contributed by atoms with Crippen molar-refractivity contribution in [3.05, 3.63) is 0 Å². The normalized spacial score (nSPS) is 35.9. The van der Waals surface area contributed by atoms with E-state index in [1.54, 1.807) is 0 Å². The molecule has 3 rings (SSSR count). The minimum atomic E-state index is -0.986. The molecule has 0 radical (unpaired) electrons. The van der Waals surface area contributed by atoms with E-state index in [-0.39, 0.29) is 0 Å². The highest BCUT2D eigenvalue weighted by atomic mass is 16.6. The smallest absolute Gasteiger partial charge is 0.423 e. The summed E-state index contributed by atoms with van der Waals surface area (Å²) < 4.78 is 21.2. The van der Waals surface area contributed by atoms with E-state index < -0.39 is 60.6 Å². The molecule has 13 nitrogen and oxygen atoms in total. The molecular weight excluding hydrogens is 366 g/mol. The Morgan fingerprint density at radius 2 is 1.26 bits per heavy atom. The Bertz CT molecular complexity index is 581. The fourth-order valence-electron chi connectivity index (χ4n) is 4.21. The lowest BCUT2D eigenvalue weighted by molar-refractivity contribution is -0.156. The van der Waals surface area contributed by atoms with Gasteiger partial charge in [0.25, 0.3) is 0 Å². The van der Waals surface area contributed by atoms with Gasteiger partial charge < -0.3 is 30.4 Å². The molecule has 0 aromatic heterocycles. The van der Waals surface area contributed by atoms with Gasteiger partial charge in [-0.3, -0.25) is 0 Å². The first-order valence-electron chi connectivity index (χ1n) is 8.45. The number of carbonyl (C=O) groups is 4. The standard InChI is InChI=1S/C14H21N5O8/c15-11(20)24-5-1-3-7-10-8(4-2-6(9(5)10)25-12(16)21)27-14(23)18-19-17-13(22)26-7/h5-10,19H,1-4H2,(H2,15,20)(H2,16,21)(H,17,22)(H,18,23). The summed E-state index contributed by atoms with van der Waals surface area (Å²) >= 11 is 0. The third-order valence-corrected chi connectivity index (χ3v) is 5.01. The van der Waals surface area contributed by atoms with Crippen molar-refractivity contribution in [2.24, 2.45) is 23.3 Å². The van der Waals surface area contributed by atoms with Crippen molar-refractivity contribution in [3.63, 3.8) is 0 Å². The summed E-state index contributed by atoms with van der Waals surface area (Å²) in [6.07, 6.45) is -5.07. The lowest BCUT2D eigenvalue weighted by Crippen LogP contribution is -2.61. The molecule has 2 saturated carbocycles. The number of hydrazine groups is 2. The van der Waals surface area contributed by atoms with Crippen molar-refractivity contribution in [3.8, 4) is 0 Å². The number of hydrogen-bond acceptors (Lipinski definition) is 9. The summed E-state index contributed by atoms with van der Waals surface area (Å²) in [7, 11) is 0. The second-order valence-electron chi connectivity index (χ2n) is 6.52. The Balaban J connectivity index is 1.93. The monoisotopic (exact) mass is 387 g/mol. The maximum absolute atomic E-state index is 11.9. The highest BCUT2D eigenvalue weighted by Crippen LogP contribution is 2.45. The molecule has 0 aromatic rings. The molecule has 13 heteroatoms. The Labute approximate surface area is 153 Å². The highest BCUT2D eigenvalue weighted by Gasteiger charge is 2.55. The van der Waals surface area contributed by atoms with Gasteiger partial charge in [0.1, 0.15) is 24.4 Å². The first-order chi connectivity index (χ1) is 12.8. The molecule has 1 heterocycles. The first-order valence-corrected chi connectivity index (χ1v) is 8.45. The van der Waals surface area contributed by atoms with Crippen LogP contribution in [0.25, 0.3) is 0 Å². The zero-order valence-electron chi connectivity index (χ0n) is 14.2. The summed E-state index contributed by atoms with van der Waals surface area (Å²) in [6, 6.07) is 0. The molecule has 1 saturated heterocycles. The zero-order valence-corrected chi connectivity index (χ0v) is 14.2. The van der Waals surface area contributed by atoms with Gasteiger partial charge in [-0.2, -0.15) is 0 Å². The van der Waals surface area contributed by atoms with Crippen LogP contribution in [0.5, 0.6) is 0 Å². The molecule has 4 unspecified atom stereocenters. The van der Waals surface area contributed by atoms with Crippen LogP contribution < -0.4 is 27.9 Å². The SMILES string of the molecule is NC(=O)OC1CCC2OC(=O)NNNC(=O)OC3CCC(OC(N)=O)C1C23. The van der Waals surface area contributed by atoms with E-state index in [0.717, 1.165) is 0 Å². The second-order valence-corrected chi connectivity index (χ2v) is 6.52. The number of rotatable bonds is 2. The number of hydrogen-bond donors (Lipinski definition) is 5. The molecule has 3 fully saturated rings. The van der Waals surface area contributed by atoms with Gasteiger partial charge in [-0.1, -0.05) is 0 Å². The molecule has 1 aliphatic heterocycles. The number of nitrogens with two attached hydrogens (primary N) is 2. The lowest BCUT2D eigenvalue weighted by Gasteiger charge is -2.50. The fraction of sp³-hybridized carbons (Fsp3) is 0.714. The molecule has 150 valence electrons. The third-order valence-electron chi connectivity index (χ3n) is 5.01. The number of amides is 4. The molecule has 4 atom stereocenters. The third kappa shape index (κ3) is 4.24. The largest absolute Gasteiger partial charge is 0.446 e. The van der Waals surface area contributed by atoms with Crippen molar-refractivity contribution in [2.75, 3.05) is 0 Å². The molecule has 27 heavy (non-hydrogen) atoms. The maximum atomic E-state index is 11.9. The van der Waals surface area contributed by atoms with Gasteiger partial charge in [-0.25, -0.2) is 30.0 Å². The van der Waals surface area contributed by atoms with Crippen molar-refractivity contribution >= 4 is 24.4 Å². The van der Waals surface area contributed by atoms with E-state index in [1.807, 2.05) is 0 Å². The van der Waals surface area contributed by atoms with Gasteiger partial charge in [-0.15, -0.1) is 5.53 Å². The predicted molar refractivity (Wildman–Crippen MR) is 84.3 cm³/mol. The summed E-state index contributed by atoms with van der Waals surface area (Å²) in [5.74, 6) is -1.20.